The number of nitrogens with one attached hydrogen (secondary N) is 1. The molecule has 1 saturated heterocycles. The van der Waals surface area contributed by atoms with E-state index >= 15 is 0 Å². The van der Waals surface area contributed by atoms with Crippen LogP contribution in [0.2, 0.25) is 0 Å². The number of hydrogen-bond acceptors (Lipinski definition) is 4. The molecule has 1 aromatic heterocycles. The van der Waals surface area contributed by atoms with Crippen molar-refractivity contribution in [2.24, 2.45) is 0 Å². The first-order valence-electron chi connectivity index (χ1n) is 7.66. The first-order valence-corrected chi connectivity index (χ1v) is 8.45. The summed E-state index contributed by atoms with van der Waals surface area (Å²) in [7, 11) is 0. The average Bonchev–Trinajstić information content (AvgIpc) is 2.45. The van der Waals surface area contributed by atoms with Crippen LogP contribution in [-0.4, -0.2) is 46.6 Å². The van der Waals surface area contributed by atoms with Crippen LogP contribution in [-0.2, 0) is 4.74 Å². The molecule has 1 aromatic rings. The Morgan fingerprint density at radius 1 is 1.30 bits per heavy atom. The van der Waals surface area contributed by atoms with Gasteiger partial charge in [0.05, 0.1) is 0 Å². The van der Waals surface area contributed by atoms with Crippen molar-refractivity contribution in [3.63, 3.8) is 0 Å². The van der Waals surface area contributed by atoms with E-state index in [0.717, 1.165) is 0 Å². The first-order chi connectivity index (χ1) is 10.7. The van der Waals surface area contributed by atoms with Crippen molar-refractivity contribution in [1.29, 1.82) is 0 Å². The Morgan fingerprint density at radius 2 is 1.96 bits per heavy atom. The van der Waals surface area contributed by atoms with Crippen molar-refractivity contribution < 1.29 is 14.3 Å². The molecular formula is C16H22BrN3O3. The van der Waals surface area contributed by atoms with Crippen LogP contribution in [0, 0.1) is 0 Å². The zero-order chi connectivity index (χ0) is 17.0. The van der Waals surface area contributed by atoms with Crippen LogP contribution in [0.3, 0.4) is 0 Å². The molecule has 6 nitrogen and oxygen atoms in total. The highest BCUT2D eigenvalue weighted by Gasteiger charge is 2.26. The molecule has 0 radical (unpaired) electrons. The van der Waals surface area contributed by atoms with Gasteiger partial charge in [-0.05, 0) is 61.7 Å². The van der Waals surface area contributed by atoms with Gasteiger partial charge in [0.2, 0.25) is 0 Å². The molecule has 1 aliphatic rings. The van der Waals surface area contributed by atoms with Crippen molar-refractivity contribution in [3.05, 3.63) is 28.5 Å². The summed E-state index contributed by atoms with van der Waals surface area (Å²) in [5.41, 5.74) is -0.0782. The van der Waals surface area contributed by atoms with Crippen LogP contribution in [0.25, 0.3) is 0 Å². The summed E-state index contributed by atoms with van der Waals surface area (Å²) in [4.78, 5) is 30.1. The molecule has 7 heteroatoms. The summed E-state index contributed by atoms with van der Waals surface area (Å²) in [5, 5.41) is 2.86. The van der Waals surface area contributed by atoms with Crippen molar-refractivity contribution >= 4 is 27.9 Å². The molecule has 0 aliphatic carbocycles. The Hall–Kier alpha value is -1.63. The number of piperidine rings is 1. The molecule has 0 aromatic carbocycles. The molecule has 1 N–H and O–H groups in total. The van der Waals surface area contributed by atoms with Gasteiger partial charge >= 0.3 is 6.09 Å². The number of amides is 2. The minimum atomic E-state index is -0.507. The number of carbonyl (C=O) groups is 2. The van der Waals surface area contributed by atoms with Gasteiger partial charge in [-0.2, -0.15) is 0 Å². The van der Waals surface area contributed by atoms with Crippen LogP contribution < -0.4 is 5.32 Å². The molecule has 0 bridgehead atoms. The van der Waals surface area contributed by atoms with Crippen LogP contribution in [0.5, 0.6) is 0 Å². The monoisotopic (exact) mass is 383 g/mol. The SMILES string of the molecule is CC(C)(C)OC(=O)NC1CCN(C(=O)c2cccc(Br)n2)CC1. The fourth-order valence-corrected chi connectivity index (χ4v) is 2.73. The van der Waals surface area contributed by atoms with Gasteiger partial charge in [0, 0.05) is 19.1 Å². The molecule has 23 heavy (non-hydrogen) atoms. The number of alkyl carbamates (subject to hydrolysis) is 1. The van der Waals surface area contributed by atoms with E-state index in [4.69, 9.17) is 4.74 Å². The van der Waals surface area contributed by atoms with Gasteiger partial charge in [-0.25, -0.2) is 9.78 Å². The largest absolute Gasteiger partial charge is 0.444 e. The van der Waals surface area contributed by atoms with E-state index in [-0.39, 0.29) is 11.9 Å². The van der Waals surface area contributed by atoms with Gasteiger partial charge in [0.1, 0.15) is 15.9 Å². The lowest BCUT2D eigenvalue weighted by Crippen LogP contribution is -2.47. The highest BCUT2D eigenvalue weighted by atomic mass is 79.9. The third-order valence-electron chi connectivity index (χ3n) is 3.44. The summed E-state index contributed by atoms with van der Waals surface area (Å²) >= 11 is 3.27. The lowest BCUT2D eigenvalue weighted by atomic mass is 10.0. The minimum Gasteiger partial charge on any atom is -0.444 e. The maximum Gasteiger partial charge on any atom is 0.407 e. The topological polar surface area (TPSA) is 71.5 Å². The zero-order valence-corrected chi connectivity index (χ0v) is 15.2. The lowest BCUT2D eigenvalue weighted by molar-refractivity contribution is 0.0473. The van der Waals surface area contributed by atoms with Gasteiger partial charge in [-0.3, -0.25) is 4.79 Å². The van der Waals surface area contributed by atoms with E-state index in [9.17, 15) is 9.59 Å². The number of nitrogens with zero attached hydrogens (tertiary/aromatic N) is 2. The molecule has 0 spiro atoms. The zero-order valence-electron chi connectivity index (χ0n) is 13.6. The third kappa shape index (κ3) is 5.49. The Bertz CT molecular complexity index is 578. The summed E-state index contributed by atoms with van der Waals surface area (Å²) in [6.07, 6.45) is 1.01. The van der Waals surface area contributed by atoms with E-state index in [0.29, 0.717) is 36.2 Å². The molecule has 2 rings (SSSR count). The van der Waals surface area contributed by atoms with Crippen LogP contribution in [0.4, 0.5) is 4.79 Å². The van der Waals surface area contributed by atoms with Crippen LogP contribution in [0.15, 0.2) is 22.8 Å². The van der Waals surface area contributed by atoms with Gasteiger partial charge in [0.25, 0.3) is 5.91 Å². The molecule has 0 saturated carbocycles. The first kappa shape index (κ1) is 17.7. The maximum absolute atomic E-state index is 12.4. The Balaban J connectivity index is 1.84. The minimum absolute atomic E-state index is 0.0318. The number of halogens is 1. The van der Waals surface area contributed by atoms with E-state index < -0.39 is 11.7 Å². The smallest absolute Gasteiger partial charge is 0.407 e. The third-order valence-corrected chi connectivity index (χ3v) is 3.88. The summed E-state index contributed by atoms with van der Waals surface area (Å²) in [6, 6.07) is 5.32. The van der Waals surface area contributed by atoms with Gasteiger partial charge in [0.15, 0.2) is 0 Å². The lowest BCUT2D eigenvalue weighted by Gasteiger charge is -2.32. The highest BCUT2D eigenvalue weighted by molar-refractivity contribution is 9.10. The van der Waals surface area contributed by atoms with Crippen molar-refractivity contribution in [2.45, 2.75) is 45.3 Å². The van der Waals surface area contributed by atoms with E-state index in [2.05, 4.69) is 26.2 Å². The number of ether oxygens (including phenoxy) is 1. The number of pyridine rings is 1. The molecule has 1 aliphatic heterocycles. The van der Waals surface area contributed by atoms with E-state index in [1.54, 1.807) is 23.1 Å². The second-order valence-electron chi connectivity index (χ2n) is 6.56. The molecule has 2 heterocycles. The second-order valence-corrected chi connectivity index (χ2v) is 7.37. The number of likely N-dealkylation sites (tertiary alicyclic amines) is 1. The number of carbonyl (C=O) groups excluding carboxylic acids is 2. The van der Waals surface area contributed by atoms with Gasteiger partial charge < -0.3 is 15.0 Å². The quantitative estimate of drug-likeness (QED) is 0.796. The molecule has 126 valence electrons. The Morgan fingerprint density at radius 3 is 2.52 bits per heavy atom. The maximum atomic E-state index is 12.4. The summed E-state index contributed by atoms with van der Waals surface area (Å²) < 4.78 is 5.89. The molecule has 0 atom stereocenters. The second kappa shape index (κ2) is 7.29. The predicted octanol–water partition coefficient (Wildman–Crippen LogP) is 2.97. The normalized spacial score (nSPS) is 16.1. The Kier molecular flexibility index (Phi) is 5.62. The fraction of sp³-hybridized carbons (Fsp3) is 0.562. The van der Waals surface area contributed by atoms with Crippen LogP contribution in [0.1, 0.15) is 44.1 Å². The van der Waals surface area contributed by atoms with Crippen LogP contribution >= 0.6 is 15.9 Å². The Labute approximate surface area is 144 Å². The fourth-order valence-electron chi connectivity index (χ4n) is 2.39. The highest BCUT2D eigenvalue weighted by Crippen LogP contribution is 2.15. The number of rotatable bonds is 2. The van der Waals surface area contributed by atoms with Gasteiger partial charge in [-0.15, -0.1) is 0 Å². The predicted molar refractivity (Wildman–Crippen MR) is 90.2 cm³/mol. The standard InChI is InChI=1S/C16H22BrN3O3/c1-16(2,3)23-15(22)18-11-7-9-20(10-8-11)14(21)12-5-4-6-13(17)19-12/h4-6,11H,7-10H2,1-3H3,(H,18,22). The summed E-state index contributed by atoms with van der Waals surface area (Å²) in [6.45, 7) is 6.68. The number of hydrogen-bond donors (Lipinski definition) is 1. The van der Waals surface area contributed by atoms with Gasteiger partial charge in [-0.1, -0.05) is 6.07 Å². The average molecular weight is 384 g/mol. The molecule has 1 fully saturated rings. The van der Waals surface area contributed by atoms with Crippen molar-refractivity contribution in [2.75, 3.05) is 13.1 Å². The van der Waals surface area contributed by atoms with E-state index in [1.165, 1.54) is 0 Å². The van der Waals surface area contributed by atoms with E-state index in [1.807, 2.05) is 20.8 Å². The van der Waals surface area contributed by atoms with Crippen molar-refractivity contribution in [3.8, 4) is 0 Å². The summed E-state index contributed by atoms with van der Waals surface area (Å²) in [5.74, 6) is -0.0815. The molecule has 2 amide bonds. The molecular weight excluding hydrogens is 362 g/mol. The number of aromatic nitrogens is 1. The molecule has 0 unspecified atom stereocenters. The van der Waals surface area contributed by atoms with Crippen molar-refractivity contribution in [1.82, 2.24) is 15.2 Å².